The summed E-state index contributed by atoms with van der Waals surface area (Å²) in [4.78, 5) is 17.7. The molecule has 0 unspecified atom stereocenters. The molecule has 1 heterocycles. The average Bonchev–Trinajstić information content (AvgIpc) is 2.87. The van der Waals surface area contributed by atoms with Crippen molar-refractivity contribution in [3.05, 3.63) is 41.7 Å². The lowest BCUT2D eigenvalue weighted by Gasteiger charge is -2.14. The second-order valence-electron chi connectivity index (χ2n) is 4.20. The van der Waals surface area contributed by atoms with Gasteiger partial charge in [-0.25, -0.2) is 9.37 Å². The zero-order valence-electron chi connectivity index (χ0n) is 10.9. The van der Waals surface area contributed by atoms with Gasteiger partial charge < -0.3 is 4.90 Å². The van der Waals surface area contributed by atoms with Crippen molar-refractivity contribution in [2.24, 2.45) is 0 Å². The van der Waals surface area contributed by atoms with Gasteiger partial charge in [0.25, 0.3) is 5.91 Å². The molecular weight excluding hydrogens is 247 g/mol. The Morgan fingerprint density at radius 2 is 2.05 bits per heavy atom. The molecule has 1 amide bonds. The zero-order chi connectivity index (χ0) is 13.8. The molecule has 0 radical (unpaired) electrons. The molecule has 0 saturated heterocycles. The smallest absolute Gasteiger partial charge is 0.297 e. The number of benzene rings is 1. The highest BCUT2D eigenvalue weighted by Gasteiger charge is 2.18. The normalized spacial score (nSPS) is 10.5. The van der Waals surface area contributed by atoms with Crippen molar-refractivity contribution in [3.8, 4) is 0 Å². The molecule has 0 bridgehead atoms. The predicted octanol–water partition coefficient (Wildman–Crippen LogP) is 2.17. The molecule has 0 spiro atoms. The van der Waals surface area contributed by atoms with Gasteiger partial charge in [0.2, 0.25) is 5.82 Å². The Labute approximate surface area is 110 Å². The van der Waals surface area contributed by atoms with E-state index in [0.717, 1.165) is 12.8 Å². The first-order chi connectivity index (χ1) is 9.11. The Hall–Kier alpha value is -2.24. The second kappa shape index (κ2) is 5.60. The van der Waals surface area contributed by atoms with E-state index in [2.05, 4.69) is 15.2 Å². The average molecular weight is 262 g/mol. The molecule has 100 valence electrons. The number of aryl methyl sites for hydroxylation is 1. The van der Waals surface area contributed by atoms with Crippen molar-refractivity contribution < 1.29 is 9.18 Å². The molecule has 2 aromatic rings. The number of rotatable bonds is 4. The summed E-state index contributed by atoms with van der Waals surface area (Å²) >= 11 is 0. The number of aromatic amines is 1. The monoisotopic (exact) mass is 262 g/mol. The number of carbonyl (C=O) groups is 1. The number of amides is 1. The molecule has 1 aromatic carbocycles. The molecule has 2 rings (SSSR count). The maximum atomic E-state index is 12.8. The number of H-pyrrole nitrogens is 1. The lowest BCUT2D eigenvalue weighted by Crippen LogP contribution is -2.27. The summed E-state index contributed by atoms with van der Waals surface area (Å²) in [6.07, 6.45) is 1.68. The van der Waals surface area contributed by atoms with E-state index in [0.29, 0.717) is 11.5 Å². The maximum Gasteiger partial charge on any atom is 0.297 e. The fourth-order valence-corrected chi connectivity index (χ4v) is 1.67. The van der Waals surface area contributed by atoms with Crippen LogP contribution in [0, 0.1) is 5.82 Å². The van der Waals surface area contributed by atoms with Crippen LogP contribution >= 0.6 is 0 Å². The fourth-order valence-electron chi connectivity index (χ4n) is 1.67. The maximum absolute atomic E-state index is 12.8. The molecule has 0 aliphatic carbocycles. The highest BCUT2D eigenvalue weighted by molar-refractivity contribution is 6.03. The van der Waals surface area contributed by atoms with Gasteiger partial charge in [0.05, 0.1) is 0 Å². The van der Waals surface area contributed by atoms with Gasteiger partial charge in [0.15, 0.2) is 0 Å². The van der Waals surface area contributed by atoms with Gasteiger partial charge in [-0.15, -0.1) is 5.10 Å². The van der Waals surface area contributed by atoms with Crippen LogP contribution in [-0.4, -0.2) is 28.1 Å². The number of aromatic nitrogens is 3. The summed E-state index contributed by atoms with van der Waals surface area (Å²) in [5.74, 6) is 0.145. The summed E-state index contributed by atoms with van der Waals surface area (Å²) < 4.78 is 12.8. The van der Waals surface area contributed by atoms with E-state index < -0.39 is 0 Å². The third-order valence-corrected chi connectivity index (χ3v) is 2.73. The first kappa shape index (κ1) is 13.2. The minimum absolute atomic E-state index is 0.121. The summed E-state index contributed by atoms with van der Waals surface area (Å²) in [6, 6.07) is 5.68. The first-order valence-corrected chi connectivity index (χ1v) is 6.06. The largest absolute Gasteiger partial charge is 0.309 e. The number of carbonyl (C=O) groups excluding carboxylic acids is 1. The first-order valence-electron chi connectivity index (χ1n) is 6.06. The summed E-state index contributed by atoms with van der Waals surface area (Å²) in [5.41, 5.74) is 0.591. The van der Waals surface area contributed by atoms with E-state index >= 15 is 0 Å². The van der Waals surface area contributed by atoms with Crippen molar-refractivity contribution >= 4 is 11.6 Å². The van der Waals surface area contributed by atoms with Gasteiger partial charge in [-0.3, -0.25) is 9.89 Å². The summed E-state index contributed by atoms with van der Waals surface area (Å²) in [7, 11) is 1.60. The lowest BCUT2D eigenvalue weighted by atomic mass is 10.3. The van der Waals surface area contributed by atoms with E-state index in [1.165, 1.54) is 29.2 Å². The van der Waals surface area contributed by atoms with Crippen molar-refractivity contribution in [2.75, 3.05) is 11.9 Å². The van der Waals surface area contributed by atoms with Gasteiger partial charge in [-0.05, 0) is 30.7 Å². The highest BCUT2D eigenvalue weighted by atomic mass is 19.1. The third kappa shape index (κ3) is 2.96. The molecule has 5 nitrogen and oxygen atoms in total. The van der Waals surface area contributed by atoms with Crippen LogP contribution < -0.4 is 4.90 Å². The number of hydrogen-bond donors (Lipinski definition) is 1. The van der Waals surface area contributed by atoms with Crippen LogP contribution in [0.25, 0.3) is 0 Å². The molecule has 0 aliphatic rings. The van der Waals surface area contributed by atoms with E-state index in [-0.39, 0.29) is 17.5 Å². The van der Waals surface area contributed by atoms with Crippen LogP contribution in [0.5, 0.6) is 0 Å². The van der Waals surface area contributed by atoms with E-state index in [4.69, 9.17) is 0 Å². The van der Waals surface area contributed by atoms with Gasteiger partial charge >= 0.3 is 0 Å². The number of halogens is 1. The van der Waals surface area contributed by atoms with Crippen LogP contribution in [0.2, 0.25) is 0 Å². The van der Waals surface area contributed by atoms with Crippen molar-refractivity contribution in [3.63, 3.8) is 0 Å². The van der Waals surface area contributed by atoms with Crippen LogP contribution in [0.15, 0.2) is 24.3 Å². The Bertz CT molecular complexity index is 564. The minimum Gasteiger partial charge on any atom is -0.309 e. The van der Waals surface area contributed by atoms with Crippen molar-refractivity contribution in [2.45, 2.75) is 19.8 Å². The predicted molar refractivity (Wildman–Crippen MR) is 69.5 cm³/mol. The van der Waals surface area contributed by atoms with E-state index in [9.17, 15) is 9.18 Å². The summed E-state index contributed by atoms with van der Waals surface area (Å²) in [6.45, 7) is 2.02. The molecule has 0 fully saturated rings. The highest BCUT2D eigenvalue weighted by Crippen LogP contribution is 2.14. The third-order valence-electron chi connectivity index (χ3n) is 2.73. The van der Waals surface area contributed by atoms with Gasteiger partial charge in [-0.1, -0.05) is 6.92 Å². The van der Waals surface area contributed by atoms with Crippen LogP contribution in [0.3, 0.4) is 0 Å². The topological polar surface area (TPSA) is 61.9 Å². The van der Waals surface area contributed by atoms with Crippen LogP contribution in [-0.2, 0) is 6.42 Å². The Morgan fingerprint density at radius 3 is 2.68 bits per heavy atom. The molecule has 19 heavy (non-hydrogen) atoms. The van der Waals surface area contributed by atoms with Crippen LogP contribution in [0.4, 0.5) is 10.1 Å². The van der Waals surface area contributed by atoms with E-state index in [1.54, 1.807) is 7.05 Å². The Morgan fingerprint density at radius 1 is 1.37 bits per heavy atom. The number of anilines is 1. The standard InChI is InChI=1S/C13H15FN4O/c1-3-4-11-15-12(17-16-11)13(19)18(2)10-7-5-9(14)6-8-10/h5-8H,3-4H2,1-2H3,(H,15,16,17). The minimum atomic E-state index is -0.340. The quantitative estimate of drug-likeness (QED) is 0.918. The number of hydrogen-bond acceptors (Lipinski definition) is 3. The molecule has 6 heteroatoms. The molecule has 0 atom stereocenters. The molecule has 0 saturated carbocycles. The lowest BCUT2D eigenvalue weighted by molar-refractivity contribution is 0.0983. The molecule has 0 aliphatic heterocycles. The fraction of sp³-hybridized carbons (Fsp3) is 0.308. The van der Waals surface area contributed by atoms with Crippen molar-refractivity contribution in [1.82, 2.24) is 15.2 Å². The SMILES string of the molecule is CCCc1nc(C(=O)N(C)c2ccc(F)cc2)n[nH]1. The van der Waals surface area contributed by atoms with E-state index in [1.807, 2.05) is 6.92 Å². The Balaban J connectivity index is 2.15. The van der Waals surface area contributed by atoms with Gasteiger partial charge in [0.1, 0.15) is 11.6 Å². The van der Waals surface area contributed by atoms with Gasteiger partial charge in [0, 0.05) is 19.2 Å². The second-order valence-corrected chi connectivity index (χ2v) is 4.20. The molecule has 1 N–H and O–H groups in total. The van der Waals surface area contributed by atoms with Crippen molar-refractivity contribution in [1.29, 1.82) is 0 Å². The summed E-state index contributed by atoms with van der Waals surface area (Å²) in [5, 5.41) is 6.63. The number of nitrogens with one attached hydrogen (secondary N) is 1. The zero-order valence-corrected chi connectivity index (χ0v) is 10.9. The Kier molecular flexibility index (Phi) is 3.89. The van der Waals surface area contributed by atoms with Crippen LogP contribution in [0.1, 0.15) is 29.8 Å². The van der Waals surface area contributed by atoms with Gasteiger partial charge in [-0.2, -0.15) is 0 Å². The molecular formula is C13H15FN4O. The number of nitrogens with zero attached hydrogens (tertiary/aromatic N) is 3. The molecule has 1 aromatic heterocycles.